The third-order valence-corrected chi connectivity index (χ3v) is 6.70. The monoisotopic (exact) mass is 463 g/mol. The highest BCUT2D eigenvalue weighted by Crippen LogP contribution is 2.42. The number of nitrogens with one attached hydrogen (secondary N) is 1. The second-order valence-electron chi connectivity index (χ2n) is 9.78. The van der Waals surface area contributed by atoms with E-state index in [1.165, 1.54) is 11.0 Å². The Morgan fingerprint density at radius 2 is 1.97 bits per heavy atom. The maximum absolute atomic E-state index is 14.9. The molecule has 1 amide bonds. The highest BCUT2D eigenvalue weighted by Gasteiger charge is 2.50. The number of hydrogen-bond acceptors (Lipinski definition) is 6. The number of allylic oxidation sites excluding steroid dienone is 1. The van der Waals surface area contributed by atoms with Crippen LogP contribution >= 0.6 is 0 Å². The molecule has 0 aliphatic carbocycles. The Morgan fingerprint density at radius 3 is 2.59 bits per heavy atom. The van der Waals surface area contributed by atoms with Gasteiger partial charge in [0.15, 0.2) is 5.65 Å². The molecular formula is C25H30FN7O. The summed E-state index contributed by atoms with van der Waals surface area (Å²) < 4.78 is 16.7. The molecule has 2 aromatic heterocycles. The van der Waals surface area contributed by atoms with E-state index in [1.807, 2.05) is 13.0 Å². The highest BCUT2D eigenvalue weighted by molar-refractivity contribution is 5.99. The van der Waals surface area contributed by atoms with E-state index in [2.05, 4.69) is 38.7 Å². The second kappa shape index (κ2) is 8.09. The minimum absolute atomic E-state index is 0.138. The molecule has 0 saturated carbocycles. The standard InChI is InChI=1S/C25H30FN7O/c1-6-16(2)33-21(23(34)30(3)4)9-17-11-27-24(29-22(17)33)28-18-7-8-20(19(26)10-18)32-14-25(15-32)12-31(5)13-25/h7-11H,2,6,12-15H2,1,3-5H3,(H,27,28,29). The topological polar surface area (TPSA) is 69.5 Å². The number of rotatable bonds is 6. The Hall–Kier alpha value is -3.46. The smallest absolute Gasteiger partial charge is 0.270 e. The van der Waals surface area contributed by atoms with Crippen LogP contribution in [0.25, 0.3) is 16.7 Å². The molecule has 2 saturated heterocycles. The molecule has 0 radical (unpaired) electrons. The molecule has 2 fully saturated rings. The van der Waals surface area contributed by atoms with Gasteiger partial charge in [0.2, 0.25) is 5.95 Å². The molecule has 2 aliphatic heterocycles. The van der Waals surface area contributed by atoms with Crippen molar-refractivity contribution in [2.45, 2.75) is 13.3 Å². The van der Waals surface area contributed by atoms with Crippen LogP contribution < -0.4 is 10.2 Å². The molecule has 1 aromatic carbocycles. The number of amides is 1. The fraction of sp³-hybridized carbons (Fsp3) is 0.400. The number of carbonyl (C=O) groups is 1. The first-order valence-corrected chi connectivity index (χ1v) is 11.5. The molecule has 9 heteroatoms. The first kappa shape index (κ1) is 22.3. The number of aromatic nitrogens is 3. The number of hydrogen-bond donors (Lipinski definition) is 1. The summed E-state index contributed by atoms with van der Waals surface area (Å²) in [5.41, 5.74) is 3.36. The van der Waals surface area contributed by atoms with E-state index in [-0.39, 0.29) is 11.7 Å². The third kappa shape index (κ3) is 3.69. The van der Waals surface area contributed by atoms with Gasteiger partial charge in [-0.25, -0.2) is 9.37 Å². The number of nitrogens with zero attached hydrogens (tertiary/aromatic N) is 6. The average molecular weight is 464 g/mol. The van der Waals surface area contributed by atoms with Gasteiger partial charge in [0.05, 0.1) is 5.69 Å². The predicted octanol–water partition coefficient (Wildman–Crippen LogP) is 3.65. The van der Waals surface area contributed by atoms with Crippen molar-refractivity contribution in [1.29, 1.82) is 0 Å². The Balaban J connectivity index is 1.39. The number of fused-ring (bicyclic) bond motifs is 1. The number of likely N-dealkylation sites (tertiary alicyclic amines) is 1. The minimum atomic E-state index is -0.268. The quantitative estimate of drug-likeness (QED) is 0.602. The lowest BCUT2D eigenvalue weighted by molar-refractivity contribution is -0.00270. The molecular weight excluding hydrogens is 433 g/mol. The number of benzene rings is 1. The molecule has 178 valence electrons. The van der Waals surface area contributed by atoms with Crippen LogP contribution in [0.5, 0.6) is 0 Å². The second-order valence-corrected chi connectivity index (χ2v) is 9.78. The number of anilines is 3. The van der Waals surface area contributed by atoms with Gasteiger partial charge in [-0.2, -0.15) is 4.98 Å². The molecule has 5 rings (SSSR count). The first-order chi connectivity index (χ1) is 16.2. The molecule has 3 aromatic rings. The van der Waals surface area contributed by atoms with Crippen LogP contribution in [-0.4, -0.2) is 77.6 Å². The van der Waals surface area contributed by atoms with Gasteiger partial charge in [-0.1, -0.05) is 13.5 Å². The number of carbonyl (C=O) groups excluding carboxylic acids is 1. The van der Waals surface area contributed by atoms with E-state index in [0.29, 0.717) is 40.5 Å². The lowest BCUT2D eigenvalue weighted by Crippen LogP contribution is -2.71. The molecule has 8 nitrogen and oxygen atoms in total. The molecule has 1 N–H and O–H groups in total. The Labute approximate surface area is 198 Å². The largest absolute Gasteiger partial charge is 0.368 e. The third-order valence-electron chi connectivity index (χ3n) is 6.70. The fourth-order valence-corrected chi connectivity index (χ4v) is 5.12. The zero-order valence-electron chi connectivity index (χ0n) is 20.1. The summed E-state index contributed by atoms with van der Waals surface area (Å²) in [4.78, 5) is 27.6. The molecule has 4 heterocycles. The van der Waals surface area contributed by atoms with E-state index < -0.39 is 0 Å². The number of halogens is 1. The van der Waals surface area contributed by atoms with Gasteiger partial charge in [-0.05, 0) is 37.7 Å². The van der Waals surface area contributed by atoms with Gasteiger partial charge in [-0.15, -0.1) is 0 Å². The summed E-state index contributed by atoms with van der Waals surface area (Å²) in [6, 6.07) is 6.90. The molecule has 34 heavy (non-hydrogen) atoms. The summed E-state index contributed by atoms with van der Waals surface area (Å²) in [5.74, 6) is -0.0801. The summed E-state index contributed by atoms with van der Waals surface area (Å²) >= 11 is 0. The van der Waals surface area contributed by atoms with Gasteiger partial charge in [0.1, 0.15) is 11.5 Å². The highest BCUT2D eigenvalue weighted by atomic mass is 19.1. The van der Waals surface area contributed by atoms with Crippen LogP contribution in [0.2, 0.25) is 0 Å². The summed E-state index contributed by atoms with van der Waals surface area (Å²) in [6.45, 7) is 10.0. The Bertz CT molecular complexity index is 1280. The van der Waals surface area contributed by atoms with Gasteiger partial charge < -0.3 is 20.0 Å². The predicted molar refractivity (Wildman–Crippen MR) is 133 cm³/mol. The molecule has 0 bridgehead atoms. The molecule has 2 aliphatic rings. The SMILES string of the molecule is C=C(CC)n1c(C(=O)N(C)C)cc2cnc(Nc3ccc(N4CC5(CN(C)C5)C4)c(F)c3)nc21. The molecule has 1 spiro atoms. The minimum Gasteiger partial charge on any atom is -0.368 e. The Morgan fingerprint density at radius 1 is 1.24 bits per heavy atom. The van der Waals surface area contributed by atoms with Crippen molar-refractivity contribution in [2.75, 3.05) is 57.5 Å². The van der Waals surface area contributed by atoms with Gasteiger partial charge in [0, 0.05) is 68.7 Å². The van der Waals surface area contributed by atoms with E-state index >= 15 is 0 Å². The van der Waals surface area contributed by atoms with Crippen LogP contribution in [0.15, 0.2) is 37.0 Å². The van der Waals surface area contributed by atoms with Gasteiger partial charge in [0.25, 0.3) is 5.91 Å². The van der Waals surface area contributed by atoms with E-state index in [9.17, 15) is 9.18 Å². The van der Waals surface area contributed by atoms with Crippen LogP contribution in [0.4, 0.5) is 21.7 Å². The Kier molecular flexibility index (Phi) is 5.31. The fourth-order valence-electron chi connectivity index (χ4n) is 5.12. The van der Waals surface area contributed by atoms with Crippen molar-refractivity contribution in [3.8, 4) is 0 Å². The summed E-state index contributed by atoms with van der Waals surface area (Å²) in [6.07, 6.45) is 2.32. The van der Waals surface area contributed by atoms with Crippen molar-refractivity contribution < 1.29 is 9.18 Å². The van der Waals surface area contributed by atoms with E-state index in [1.54, 1.807) is 37.0 Å². The molecule has 0 atom stereocenters. The zero-order valence-corrected chi connectivity index (χ0v) is 20.1. The summed E-state index contributed by atoms with van der Waals surface area (Å²) in [7, 11) is 5.53. The van der Waals surface area contributed by atoms with Gasteiger partial charge in [-0.3, -0.25) is 9.36 Å². The van der Waals surface area contributed by atoms with Crippen molar-refractivity contribution in [2.24, 2.45) is 5.41 Å². The van der Waals surface area contributed by atoms with Crippen LogP contribution in [0.3, 0.4) is 0 Å². The van der Waals surface area contributed by atoms with E-state index in [0.717, 1.165) is 37.3 Å². The molecule has 0 unspecified atom stereocenters. The lowest BCUT2D eigenvalue weighted by atomic mass is 9.73. The van der Waals surface area contributed by atoms with E-state index in [4.69, 9.17) is 0 Å². The van der Waals surface area contributed by atoms with Crippen LogP contribution in [0.1, 0.15) is 23.8 Å². The van der Waals surface area contributed by atoms with Crippen molar-refractivity contribution in [1.82, 2.24) is 24.3 Å². The first-order valence-electron chi connectivity index (χ1n) is 11.5. The average Bonchev–Trinajstić information content (AvgIpc) is 3.13. The van der Waals surface area contributed by atoms with Crippen molar-refractivity contribution in [3.05, 3.63) is 48.6 Å². The zero-order chi connectivity index (χ0) is 24.2. The van der Waals surface area contributed by atoms with Crippen LogP contribution in [-0.2, 0) is 0 Å². The normalized spacial score (nSPS) is 16.9. The lowest BCUT2D eigenvalue weighted by Gasteiger charge is -2.60. The van der Waals surface area contributed by atoms with Crippen molar-refractivity contribution in [3.63, 3.8) is 0 Å². The maximum Gasteiger partial charge on any atom is 0.270 e. The summed E-state index contributed by atoms with van der Waals surface area (Å²) in [5, 5.41) is 3.84. The van der Waals surface area contributed by atoms with Gasteiger partial charge >= 0.3 is 0 Å². The van der Waals surface area contributed by atoms with Crippen molar-refractivity contribution >= 4 is 40.0 Å². The van der Waals surface area contributed by atoms with Crippen LogP contribution in [0, 0.1) is 11.2 Å². The maximum atomic E-state index is 14.9.